The lowest BCUT2D eigenvalue weighted by Crippen LogP contribution is -2.05. The zero-order chi connectivity index (χ0) is 12.4. The highest BCUT2D eigenvalue weighted by Crippen LogP contribution is 2.22. The van der Waals surface area contributed by atoms with Crippen molar-refractivity contribution in [2.45, 2.75) is 20.8 Å². The summed E-state index contributed by atoms with van der Waals surface area (Å²) in [5.41, 5.74) is 9.77. The summed E-state index contributed by atoms with van der Waals surface area (Å²) in [4.78, 5) is 8.35. The molecule has 1 heterocycles. The van der Waals surface area contributed by atoms with E-state index in [0.29, 0.717) is 5.95 Å². The lowest BCUT2D eigenvalue weighted by Gasteiger charge is -2.12. The molecular weight excluding hydrogens is 248 g/mol. The fraction of sp³-hybridized carbons (Fsp3) is 0.231. The predicted molar refractivity (Wildman–Crippen MR) is 77.6 cm³/mol. The van der Waals surface area contributed by atoms with E-state index in [4.69, 9.17) is 5.73 Å². The number of hydrogen-bond acceptors (Lipinski definition) is 4. The number of nitrogens with two attached hydrogens (primary N) is 1. The van der Waals surface area contributed by atoms with Crippen molar-refractivity contribution in [2.24, 2.45) is 0 Å². The van der Waals surface area contributed by atoms with Gasteiger partial charge in [0.25, 0.3) is 0 Å². The van der Waals surface area contributed by atoms with E-state index in [0.717, 1.165) is 22.8 Å². The molecule has 0 atom stereocenters. The Morgan fingerprint density at radius 2 is 1.72 bits per heavy atom. The van der Waals surface area contributed by atoms with Crippen LogP contribution in [0.15, 0.2) is 24.3 Å². The van der Waals surface area contributed by atoms with Crippen LogP contribution >= 0.6 is 12.4 Å². The summed E-state index contributed by atoms with van der Waals surface area (Å²) in [7, 11) is 0. The first kappa shape index (κ1) is 14.3. The van der Waals surface area contributed by atoms with Gasteiger partial charge in [0, 0.05) is 16.9 Å². The maximum atomic E-state index is 5.66. The fourth-order valence-corrected chi connectivity index (χ4v) is 1.61. The number of aryl methyl sites for hydroxylation is 2. The van der Waals surface area contributed by atoms with Crippen molar-refractivity contribution < 1.29 is 0 Å². The zero-order valence-corrected chi connectivity index (χ0v) is 11.5. The third-order valence-corrected chi connectivity index (χ3v) is 2.80. The van der Waals surface area contributed by atoms with Crippen LogP contribution in [-0.4, -0.2) is 9.97 Å². The van der Waals surface area contributed by atoms with Gasteiger partial charge in [-0.2, -0.15) is 4.98 Å². The lowest BCUT2D eigenvalue weighted by atomic mass is 10.2. The number of hydrogen-bond donors (Lipinski definition) is 2. The molecule has 0 unspecified atom stereocenters. The van der Waals surface area contributed by atoms with Crippen LogP contribution in [0.2, 0.25) is 0 Å². The number of nitrogens with zero attached hydrogens (tertiary/aromatic N) is 2. The highest BCUT2D eigenvalue weighted by atomic mass is 35.5. The Bertz CT molecular complexity index is 555. The maximum absolute atomic E-state index is 5.66. The van der Waals surface area contributed by atoms with Gasteiger partial charge >= 0.3 is 0 Å². The van der Waals surface area contributed by atoms with Crippen molar-refractivity contribution in [2.75, 3.05) is 11.1 Å². The van der Waals surface area contributed by atoms with Gasteiger partial charge in [-0.3, -0.25) is 0 Å². The number of rotatable bonds is 2. The second kappa shape index (κ2) is 5.69. The Balaban J connectivity index is 0.00000162. The Hall–Kier alpha value is -1.81. The highest BCUT2D eigenvalue weighted by Gasteiger charge is 2.07. The van der Waals surface area contributed by atoms with E-state index in [2.05, 4.69) is 28.3 Å². The molecule has 3 N–H and O–H groups in total. The summed E-state index contributed by atoms with van der Waals surface area (Å²) >= 11 is 0. The number of anilines is 3. The van der Waals surface area contributed by atoms with Gasteiger partial charge in [0.2, 0.25) is 5.95 Å². The summed E-state index contributed by atoms with van der Waals surface area (Å²) < 4.78 is 0. The number of para-hydroxylation sites is 1. The van der Waals surface area contributed by atoms with Gasteiger partial charge in [0.15, 0.2) is 0 Å². The first-order valence-electron chi connectivity index (χ1n) is 5.51. The van der Waals surface area contributed by atoms with Crippen molar-refractivity contribution >= 4 is 29.9 Å². The van der Waals surface area contributed by atoms with Crippen molar-refractivity contribution in [3.8, 4) is 0 Å². The first-order chi connectivity index (χ1) is 8.08. The second-order valence-corrected chi connectivity index (χ2v) is 4.08. The quantitative estimate of drug-likeness (QED) is 0.875. The normalized spacial score (nSPS) is 9.72. The fourth-order valence-electron chi connectivity index (χ4n) is 1.61. The maximum Gasteiger partial charge on any atom is 0.222 e. The van der Waals surface area contributed by atoms with Crippen molar-refractivity contribution in [3.05, 3.63) is 41.1 Å². The zero-order valence-electron chi connectivity index (χ0n) is 10.7. The molecule has 18 heavy (non-hydrogen) atoms. The van der Waals surface area contributed by atoms with E-state index < -0.39 is 0 Å². The predicted octanol–water partition coefficient (Wildman–Crippen LogP) is 3.15. The molecule has 0 aliphatic heterocycles. The van der Waals surface area contributed by atoms with Crippen LogP contribution in [0.1, 0.15) is 16.8 Å². The van der Waals surface area contributed by atoms with Gasteiger partial charge < -0.3 is 11.1 Å². The molecule has 0 bridgehead atoms. The van der Waals surface area contributed by atoms with Crippen molar-refractivity contribution in [1.29, 1.82) is 0 Å². The van der Waals surface area contributed by atoms with Gasteiger partial charge in [0.1, 0.15) is 5.82 Å². The molecule has 0 aliphatic rings. The molecule has 0 saturated heterocycles. The molecule has 0 aliphatic carbocycles. The lowest BCUT2D eigenvalue weighted by molar-refractivity contribution is 1.08. The minimum atomic E-state index is 0. The van der Waals surface area contributed by atoms with Gasteiger partial charge in [-0.05, 0) is 32.4 Å². The summed E-state index contributed by atoms with van der Waals surface area (Å²) in [6, 6.07) is 8.06. The van der Waals surface area contributed by atoms with Gasteiger partial charge in [-0.25, -0.2) is 4.98 Å². The smallest absolute Gasteiger partial charge is 0.222 e. The molecule has 2 rings (SSSR count). The van der Waals surface area contributed by atoms with Crippen LogP contribution in [0.3, 0.4) is 0 Å². The molecule has 96 valence electrons. The standard InChI is InChI=1S/C13H16N4.ClH/c1-8-6-4-5-7-11(8)16-12-9(2)10(3)15-13(14)17-12;/h4-7H,1-3H3,(H3,14,15,16,17);1H. The van der Waals surface area contributed by atoms with E-state index in [1.807, 2.05) is 32.0 Å². The summed E-state index contributed by atoms with van der Waals surface area (Å²) in [5, 5.41) is 3.29. The van der Waals surface area contributed by atoms with E-state index in [1.165, 1.54) is 5.56 Å². The average molecular weight is 265 g/mol. The summed E-state index contributed by atoms with van der Waals surface area (Å²) in [6.07, 6.45) is 0. The van der Waals surface area contributed by atoms with Crippen LogP contribution < -0.4 is 11.1 Å². The molecule has 1 aromatic heterocycles. The SMILES string of the molecule is Cc1ccccc1Nc1nc(N)nc(C)c1C.Cl. The first-order valence-corrected chi connectivity index (χ1v) is 5.51. The largest absolute Gasteiger partial charge is 0.368 e. The van der Waals surface area contributed by atoms with Gasteiger partial charge in [-0.1, -0.05) is 18.2 Å². The Morgan fingerprint density at radius 1 is 1.06 bits per heavy atom. The van der Waals surface area contributed by atoms with Crippen LogP contribution in [0, 0.1) is 20.8 Å². The number of benzene rings is 1. The van der Waals surface area contributed by atoms with Crippen LogP contribution in [0.25, 0.3) is 0 Å². The molecule has 0 radical (unpaired) electrons. The minimum absolute atomic E-state index is 0. The minimum Gasteiger partial charge on any atom is -0.368 e. The third-order valence-electron chi connectivity index (χ3n) is 2.80. The third kappa shape index (κ3) is 2.90. The topological polar surface area (TPSA) is 63.8 Å². The van der Waals surface area contributed by atoms with Crippen LogP contribution in [0.5, 0.6) is 0 Å². The second-order valence-electron chi connectivity index (χ2n) is 4.08. The molecule has 5 heteroatoms. The average Bonchev–Trinajstić information content (AvgIpc) is 2.28. The van der Waals surface area contributed by atoms with Crippen LogP contribution in [-0.2, 0) is 0 Å². The van der Waals surface area contributed by atoms with Crippen molar-refractivity contribution in [1.82, 2.24) is 9.97 Å². The highest BCUT2D eigenvalue weighted by molar-refractivity contribution is 5.85. The molecular formula is C13H17ClN4. The molecule has 0 fully saturated rings. The van der Waals surface area contributed by atoms with Gasteiger partial charge in [0.05, 0.1) is 0 Å². The number of nitrogen functional groups attached to an aromatic ring is 1. The van der Waals surface area contributed by atoms with E-state index in [-0.39, 0.29) is 12.4 Å². The van der Waals surface area contributed by atoms with Crippen LogP contribution in [0.4, 0.5) is 17.5 Å². The summed E-state index contributed by atoms with van der Waals surface area (Å²) in [6.45, 7) is 5.96. The number of halogens is 1. The van der Waals surface area contributed by atoms with E-state index >= 15 is 0 Å². The summed E-state index contributed by atoms with van der Waals surface area (Å²) in [5.74, 6) is 1.06. The molecule has 2 aromatic rings. The molecule has 0 amide bonds. The number of aromatic nitrogens is 2. The Morgan fingerprint density at radius 3 is 2.39 bits per heavy atom. The molecule has 4 nitrogen and oxygen atoms in total. The van der Waals surface area contributed by atoms with Gasteiger partial charge in [-0.15, -0.1) is 12.4 Å². The monoisotopic (exact) mass is 264 g/mol. The van der Waals surface area contributed by atoms with E-state index in [1.54, 1.807) is 0 Å². The Kier molecular flexibility index (Phi) is 4.50. The Labute approximate surface area is 113 Å². The molecule has 0 saturated carbocycles. The van der Waals surface area contributed by atoms with E-state index in [9.17, 15) is 0 Å². The number of nitrogens with one attached hydrogen (secondary N) is 1. The molecule has 0 spiro atoms. The van der Waals surface area contributed by atoms with Crippen molar-refractivity contribution in [3.63, 3.8) is 0 Å². The molecule has 1 aromatic carbocycles.